The van der Waals surface area contributed by atoms with E-state index in [2.05, 4.69) is 42.6 Å². The number of carbonyl (C=O) groups excluding carboxylic acids is 1. The Morgan fingerprint density at radius 3 is 2.36 bits per heavy atom. The van der Waals surface area contributed by atoms with Crippen LogP contribution >= 0.6 is 0 Å². The van der Waals surface area contributed by atoms with Crippen LogP contribution in [0.25, 0.3) is 0 Å². The van der Waals surface area contributed by atoms with Crippen LogP contribution in [-0.4, -0.2) is 23.2 Å². The third-order valence-corrected chi connectivity index (χ3v) is 4.23. The van der Waals surface area contributed by atoms with Crippen molar-refractivity contribution in [3.8, 4) is 0 Å². The minimum absolute atomic E-state index is 0.128. The van der Waals surface area contributed by atoms with Crippen LogP contribution in [0.5, 0.6) is 0 Å². The van der Waals surface area contributed by atoms with Crippen molar-refractivity contribution in [3.63, 3.8) is 0 Å². The van der Waals surface area contributed by atoms with Gasteiger partial charge in [-0.1, -0.05) is 32.9 Å². The van der Waals surface area contributed by atoms with Gasteiger partial charge in [-0.2, -0.15) is 4.98 Å². The summed E-state index contributed by atoms with van der Waals surface area (Å²) in [5, 5.41) is 4.08. The number of esters is 1. The summed E-state index contributed by atoms with van der Waals surface area (Å²) in [7, 11) is 1.36. The Bertz CT molecular complexity index is 533. The highest BCUT2D eigenvalue weighted by atomic mass is 16.5. The van der Waals surface area contributed by atoms with Crippen LogP contribution in [-0.2, 0) is 21.5 Å². The lowest BCUT2D eigenvalue weighted by Gasteiger charge is -2.49. The average Bonchev–Trinajstić information content (AvgIpc) is 2.81. The highest BCUT2D eigenvalue weighted by molar-refractivity contribution is 5.69. The Kier molecular flexibility index (Phi) is 4.35. The van der Waals surface area contributed by atoms with E-state index in [0.29, 0.717) is 18.1 Å². The monoisotopic (exact) mass is 309 g/mol. The first-order valence-corrected chi connectivity index (χ1v) is 7.74. The van der Waals surface area contributed by atoms with Crippen LogP contribution in [0.4, 0.5) is 0 Å². The van der Waals surface area contributed by atoms with Gasteiger partial charge in [0.05, 0.1) is 19.1 Å². The molecule has 0 spiro atoms. The van der Waals surface area contributed by atoms with Crippen molar-refractivity contribution < 1.29 is 14.1 Å². The molecular weight excluding hydrogens is 282 g/mol. The van der Waals surface area contributed by atoms with Gasteiger partial charge in [0.1, 0.15) is 0 Å². The van der Waals surface area contributed by atoms with E-state index in [0.717, 1.165) is 19.3 Å². The number of nitrogens with two attached hydrogens (primary N) is 1. The third kappa shape index (κ3) is 3.85. The number of ether oxygens (including phenoxy) is 1. The molecule has 1 aliphatic rings. The zero-order valence-electron chi connectivity index (χ0n) is 14.2. The van der Waals surface area contributed by atoms with E-state index in [1.807, 2.05) is 0 Å². The maximum absolute atomic E-state index is 11.2. The van der Waals surface area contributed by atoms with Crippen LogP contribution in [0.15, 0.2) is 4.52 Å². The van der Waals surface area contributed by atoms with Gasteiger partial charge < -0.3 is 15.0 Å². The Morgan fingerprint density at radius 1 is 1.23 bits per heavy atom. The molecule has 124 valence electrons. The first kappa shape index (κ1) is 16.9. The van der Waals surface area contributed by atoms with E-state index in [4.69, 9.17) is 10.3 Å². The van der Waals surface area contributed by atoms with Crippen LogP contribution in [0.1, 0.15) is 65.1 Å². The van der Waals surface area contributed by atoms with Crippen molar-refractivity contribution in [2.45, 2.75) is 65.3 Å². The van der Waals surface area contributed by atoms with Crippen LogP contribution < -0.4 is 5.73 Å². The van der Waals surface area contributed by atoms with Crippen molar-refractivity contribution in [1.29, 1.82) is 0 Å². The smallest absolute Gasteiger partial charge is 0.306 e. The zero-order chi connectivity index (χ0) is 16.6. The molecule has 0 radical (unpaired) electrons. The van der Waals surface area contributed by atoms with Crippen LogP contribution in [0.3, 0.4) is 0 Å². The molecule has 0 unspecified atom stereocenters. The largest absolute Gasteiger partial charge is 0.469 e. The Hall–Kier alpha value is -1.43. The molecular formula is C16H27N3O3. The Balaban J connectivity index is 2.16. The summed E-state index contributed by atoms with van der Waals surface area (Å²) in [4.78, 5) is 15.6. The maximum atomic E-state index is 11.2. The fourth-order valence-corrected chi connectivity index (χ4v) is 4.22. The SMILES string of the molecule is COC(=O)CCc1nc(C2(N)CC(C)(C)CC(C)(C)C2)no1. The van der Waals surface area contributed by atoms with Gasteiger partial charge >= 0.3 is 5.97 Å². The normalized spacial score (nSPS) is 22.3. The fourth-order valence-electron chi connectivity index (χ4n) is 4.22. The predicted octanol–water partition coefficient (Wildman–Crippen LogP) is 2.57. The minimum atomic E-state index is -0.585. The summed E-state index contributed by atoms with van der Waals surface area (Å²) in [6, 6.07) is 0. The van der Waals surface area contributed by atoms with Gasteiger partial charge in [0, 0.05) is 6.42 Å². The number of carbonyl (C=O) groups is 1. The van der Waals surface area contributed by atoms with E-state index in [1.165, 1.54) is 7.11 Å². The summed E-state index contributed by atoms with van der Waals surface area (Å²) >= 11 is 0. The van der Waals surface area contributed by atoms with Gasteiger partial charge in [-0.15, -0.1) is 0 Å². The van der Waals surface area contributed by atoms with Crippen molar-refractivity contribution in [1.82, 2.24) is 10.1 Å². The maximum Gasteiger partial charge on any atom is 0.306 e. The second kappa shape index (κ2) is 5.65. The molecule has 1 aromatic rings. The van der Waals surface area contributed by atoms with Gasteiger partial charge in [0.2, 0.25) is 5.89 Å². The molecule has 0 amide bonds. The molecule has 1 aliphatic carbocycles. The minimum Gasteiger partial charge on any atom is -0.469 e. The number of methoxy groups -OCH3 is 1. The number of rotatable bonds is 4. The Labute approximate surface area is 131 Å². The van der Waals surface area contributed by atoms with Crippen molar-refractivity contribution in [2.75, 3.05) is 7.11 Å². The van der Waals surface area contributed by atoms with Gasteiger partial charge in [0.25, 0.3) is 0 Å². The molecule has 0 aliphatic heterocycles. The van der Waals surface area contributed by atoms with E-state index in [-0.39, 0.29) is 23.2 Å². The molecule has 6 heteroatoms. The summed E-state index contributed by atoms with van der Waals surface area (Å²) < 4.78 is 9.88. The summed E-state index contributed by atoms with van der Waals surface area (Å²) in [6.07, 6.45) is 3.36. The number of hydrogen-bond donors (Lipinski definition) is 1. The van der Waals surface area contributed by atoms with Gasteiger partial charge in [0.15, 0.2) is 5.82 Å². The van der Waals surface area contributed by atoms with Crippen molar-refractivity contribution >= 4 is 5.97 Å². The molecule has 0 atom stereocenters. The average molecular weight is 309 g/mol. The van der Waals surface area contributed by atoms with E-state index < -0.39 is 5.54 Å². The summed E-state index contributed by atoms with van der Waals surface area (Å²) in [6.45, 7) is 8.92. The lowest BCUT2D eigenvalue weighted by molar-refractivity contribution is -0.140. The quantitative estimate of drug-likeness (QED) is 0.859. The second-order valence-corrected chi connectivity index (χ2v) is 8.10. The fraction of sp³-hybridized carbons (Fsp3) is 0.812. The topological polar surface area (TPSA) is 91.2 Å². The van der Waals surface area contributed by atoms with Crippen LogP contribution in [0, 0.1) is 10.8 Å². The molecule has 1 saturated carbocycles. The summed E-state index contributed by atoms with van der Waals surface area (Å²) in [5.74, 6) is 0.696. The first-order chi connectivity index (χ1) is 10.1. The van der Waals surface area contributed by atoms with Gasteiger partial charge in [-0.3, -0.25) is 4.79 Å². The molecule has 1 aromatic heterocycles. The molecule has 2 rings (SSSR count). The zero-order valence-corrected chi connectivity index (χ0v) is 14.2. The van der Waals surface area contributed by atoms with Gasteiger partial charge in [-0.05, 0) is 30.1 Å². The molecule has 1 fully saturated rings. The van der Waals surface area contributed by atoms with E-state index >= 15 is 0 Å². The summed E-state index contributed by atoms with van der Waals surface area (Å²) in [5.41, 5.74) is 6.32. The number of nitrogens with zero attached hydrogens (tertiary/aromatic N) is 2. The molecule has 1 heterocycles. The molecule has 0 saturated heterocycles. The lowest BCUT2D eigenvalue weighted by atomic mass is 9.58. The highest BCUT2D eigenvalue weighted by Gasteiger charge is 2.48. The number of hydrogen-bond acceptors (Lipinski definition) is 6. The third-order valence-electron chi connectivity index (χ3n) is 4.23. The second-order valence-electron chi connectivity index (χ2n) is 8.10. The highest BCUT2D eigenvalue weighted by Crippen LogP contribution is 2.52. The predicted molar refractivity (Wildman–Crippen MR) is 81.9 cm³/mol. The first-order valence-electron chi connectivity index (χ1n) is 7.74. The van der Waals surface area contributed by atoms with Crippen molar-refractivity contribution in [2.24, 2.45) is 16.6 Å². The Morgan fingerprint density at radius 2 is 1.82 bits per heavy atom. The van der Waals surface area contributed by atoms with E-state index in [9.17, 15) is 4.79 Å². The molecule has 6 nitrogen and oxygen atoms in total. The molecule has 22 heavy (non-hydrogen) atoms. The lowest BCUT2D eigenvalue weighted by Crippen LogP contribution is -2.50. The number of aromatic nitrogens is 2. The number of aryl methyl sites for hydroxylation is 1. The standard InChI is InChI=1S/C16H27N3O3/c1-14(2)8-15(3,4)10-16(17,9-14)13-18-11(22-19-13)6-7-12(20)21-5/h6-10,17H2,1-5H3. The molecule has 0 bridgehead atoms. The molecule has 2 N–H and O–H groups in total. The van der Waals surface area contributed by atoms with Crippen molar-refractivity contribution in [3.05, 3.63) is 11.7 Å². The molecule has 0 aromatic carbocycles. The van der Waals surface area contributed by atoms with Crippen LogP contribution in [0.2, 0.25) is 0 Å². The van der Waals surface area contributed by atoms with Gasteiger partial charge in [-0.25, -0.2) is 0 Å². The van der Waals surface area contributed by atoms with E-state index in [1.54, 1.807) is 0 Å².